The summed E-state index contributed by atoms with van der Waals surface area (Å²) in [6, 6.07) is 4.13. The number of nitrogens with zero attached hydrogens (tertiary/aromatic N) is 2. The molecule has 3 unspecified atom stereocenters. The van der Waals surface area contributed by atoms with Crippen LogP contribution in [0.1, 0.15) is 33.1 Å². The van der Waals surface area contributed by atoms with E-state index in [1.807, 2.05) is 0 Å². The second kappa shape index (κ2) is 7.31. The lowest BCUT2D eigenvalue weighted by Crippen LogP contribution is -2.50. The Hall–Kier alpha value is -2.64. The van der Waals surface area contributed by atoms with E-state index in [1.165, 1.54) is 23.1 Å². The second-order valence-corrected chi connectivity index (χ2v) is 7.12. The molecule has 8 heteroatoms. The van der Waals surface area contributed by atoms with Gasteiger partial charge in [0.05, 0.1) is 10.6 Å². The number of benzene rings is 1. The van der Waals surface area contributed by atoms with Crippen molar-refractivity contribution in [3.05, 3.63) is 28.3 Å². The molecule has 3 rings (SSSR count). The number of nitro benzene ring substituents is 1. The minimum absolute atomic E-state index is 0.0898. The van der Waals surface area contributed by atoms with Crippen molar-refractivity contribution in [1.29, 1.82) is 0 Å². The number of hydrogen-bond acceptors (Lipinski definition) is 5. The number of anilines is 1. The van der Waals surface area contributed by atoms with Crippen molar-refractivity contribution < 1.29 is 19.2 Å². The van der Waals surface area contributed by atoms with Gasteiger partial charge in [-0.15, -0.1) is 0 Å². The predicted octanol–water partition coefficient (Wildman–Crippen LogP) is 2.26. The van der Waals surface area contributed by atoms with Crippen molar-refractivity contribution in [2.24, 2.45) is 11.8 Å². The van der Waals surface area contributed by atoms with Gasteiger partial charge in [0.1, 0.15) is 12.3 Å². The Labute approximate surface area is 151 Å². The molecular weight excluding hydrogens is 338 g/mol. The molecule has 1 saturated carbocycles. The molecule has 2 amide bonds. The summed E-state index contributed by atoms with van der Waals surface area (Å²) in [5.41, 5.74) is 0.109. The van der Waals surface area contributed by atoms with Crippen LogP contribution in [0.15, 0.2) is 18.2 Å². The van der Waals surface area contributed by atoms with Crippen molar-refractivity contribution in [3.8, 4) is 5.75 Å². The van der Waals surface area contributed by atoms with Crippen LogP contribution in [0.3, 0.4) is 0 Å². The van der Waals surface area contributed by atoms with E-state index in [4.69, 9.17) is 4.74 Å². The number of non-ortho nitro benzene ring substituents is 1. The van der Waals surface area contributed by atoms with E-state index < -0.39 is 10.8 Å². The summed E-state index contributed by atoms with van der Waals surface area (Å²) >= 11 is 0. The first kappa shape index (κ1) is 18.2. The zero-order valence-corrected chi connectivity index (χ0v) is 14.9. The van der Waals surface area contributed by atoms with Gasteiger partial charge in [-0.1, -0.05) is 26.7 Å². The Balaban J connectivity index is 1.75. The van der Waals surface area contributed by atoms with Crippen LogP contribution in [-0.2, 0) is 9.59 Å². The number of fused-ring (bicyclic) bond motifs is 1. The van der Waals surface area contributed by atoms with Gasteiger partial charge in [-0.2, -0.15) is 0 Å². The highest BCUT2D eigenvalue weighted by molar-refractivity contribution is 6.02. The van der Waals surface area contributed by atoms with E-state index >= 15 is 0 Å². The molecule has 1 aliphatic carbocycles. The highest BCUT2D eigenvalue weighted by atomic mass is 16.6. The second-order valence-electron chi connectivity index (χ2n) is 7.12. The number of nitrogens with one attached hydrogen (secondary N) is 1. The zero-order chi connectivity index (χ0) is 18.8. The molecule has 26 heavy (non-hydrogen) atoms. The van der Waals surface area contributed by atoms with Crippen LogP contribution >= 0.6 is 0 Å². The number of amides is 2. The lowest BCUT2D eigenvalue weighted by atomic mass is 9.78. The molecule has 0 aromatic heterocycles. The van der Waals surface area contributed by atoms with Gasteiger partial charge in [0.15, 0.2) is 6.61 Å². The van der Waals surface area contributed by atoms with Crippen molar-refractivity contribution in [2.45, 2.75) is 39.2 Å². The van der Waals surface area contributed by atoms with Crippen LogP contribution in [0, 0.1) is 22.0 Å². The average Bonchev–Trinajstić information content (AvgIpc) is 2.61. The predicted molar refractivity (Wildman–Crippen MR) is 95.1 cm³/mol. The molecule has 1 aromatic carbocycles. The lowest BCUT2D eigenvalue weighted by molar-refractivity contribution is -0.384. The van der Waals surface area contributed by atoms with Gasteiger partial charge in [0.25, 0.3) is 11.6 Å². The Bertz CT molecular complexity index is 736. The van der Waals surface area contributed by atoms with Crippen molar-refractivity contribution in [2.75, 3.05) is 18.1 Å². The molecule has 1 heterocycles. The maximum Gasteiger partial charge on any atom is 0.271 e. The average molecular weight is 361 g/mol. The zero-order valence-electron chi connectivity index (χ0n) is 14.9. The van der Waals surface area contributed by atoms with E-state index in [1.54, 1.807) is 0 Å². The molecular formula is C18H23N3O5. The summed E-state index contributed by atoms with van der Waals surface area (Å²) in [5, 5.41) is 14.0. The third-order valence-corrected chi connectivity index (χ3v) is 5.45. The molecule has 1 fully saturated rings. The fourth-order valence-corrected chi connectivity index (χ4v) is 3.66. The van der Waals surface area contributed by atoms with Crippen LogP contribution in [0.2, 0.25) is 0 Å². The fraction of sp³-hybridized carbons (Fsp3) is 0.556. The molecule has 3 atom stereocenters. The van der Waals surface area contributed by atoms with Crippen LogP contribution in [-0.4, -0.2) is 35.9 Å². The van der Waals surface area contributed by atoms with Crippen LogP contribution in [0.4, 0.5) is 11.4 Å². The lowest BCUT2D eigenvalue weighted by Gasteiger charge is -2.35. The Morgan fingerprint density at radius 1 is 1.38 bits per heavy atom. The third-order valence-electron chi connectivity index (χ3n) is 5.45. The summed E-state index contributed by atoms with van der Waals surface area (Å²) in [6.45, 7) is 3.96. The van der Waals surface area contributed by atoms with Crippen molar-refractivity contribution >= 4 is 23.2 Å². The number of nitro groups is 1. The summed E-state index contributed by atoms with van der Waals surface area (Å²) in [7, 11) is 0. The number of hydrogen-bond donors (Lipinski definition) is 1. The highest BCUT2D eigenvalue weighted by Crippen LogP contribution is 2.35. The van der Waals surface area contributed by atoms with Gasteiger partial charge in [0.2, 0.25) is 5.91 Å². The number of carbonyl (C=O) groups is 2. The van der Waals surface area contributed by atoms with Crippen LogP contribution < -0.4 is 15.0 Å². The highest BCUT2D eigenvalue weighted by Gasteiger charge is 2.32. The van der Waals surface area contributed by atoms with E-state index in [9.17, 15) is 19.7 Å². The quantitative estimate of drug-likeness (QED) is 0.655. The first-order valence-electron chi connectivity index (χ1n) is 8.87. The van der Waals surface area contributed by atoms with E-state index in [0.717, 1.165) is 19.3 Å². The molecule has 0 spiro atoms. The first-order valence-corrected chi connectivity index (χ1v) is 8.87. The monoisotopic (exact) mass is 361 g/mol. The standard InChI is InChI=1S/C18H23N3O5/c1-11-4-3-5-14(12(11)2)19-17(22)9-20-15-8-13(21(24)25)6-7-16(15)26-10-18(20)23/h6-8,11-12,14H,3-5,9-10H2,1-2H3,(H,19,22). The maximum atomic E-state index is 12.5. The van der Waals surface area contributed by atoms with Gasteiger partial charge >= 0.3 is 0 Å². The first-order chi connectivity index (χ1) is 12.4. The topological polar surface area (TPSA) is 102 Å². The molecule has 140 valence electrons. The summed E-state index contributed by atoms with van der Waals surface area (Å²) in [5.74, 6) is 0.633. The summed E-state index contributed by atoms with van der Waals surface area (Å²) in [6.07, 6.45) is 3.16. The van der Waals surface area contributed by atoms with Gasteiger partial charge in [-0.25, -0.2) is 0 Å². The molecule has 1 aromatic rings. The summed E-state index contributed by atoms with van der Waals surface area (Å²) in [4.78, 5) is 36.5. The smallest absolute Gasteiger partial charge is 0.271 e. The molecule has 8 nitrogen and oxygen atoms in total. The molecule has 1 N–H and O–H groups in total. The minimum Gasteiger partial charge on any atom is -0.482 e. The molecule has 2 aliphatic rings. The molecule has 0 bridgehead atoms. The number of rotatable bonds is 4. The SMILES string of the molecule is CC1CCCC(NC(=O)CN2C(=O)COc3ccc([N+](=O)[O-])cc32)C1C. The minimum atomic E-state index is -0.539. The largest absolute Gasteiger partial charge is 0.482 e. The normalized spacial score (nSPS) is 25.2. The summed E-state index contributed by atoms with van der Waals surface area (Å²) < 4.78 is 5.32. The molecule has 1 aliphatic heterocycles. The van der Waals surface area contributed by atoms with E-state index in [-0.39, 0.29) is 36.5 Å². The van der Waals surface area contributed by atoms with Crippen molar-refractivity contribution in [1.82, 2.24) is 5.32 Å². The third kappa shape index (κ3) is 3.63. The van der Waals surface area contributed by atoms with Crippen LogP contribution in [0.25, 0.3) is 0 Å². The fourth-order valence-electron chi connectivity index (χ4n) is 3.66. The number of ether oxygens (including phenoxy) is 1. The van der Waals surface area contributed by atoms with Gasteiger partial charge in [-0.3, -0.25) is 24.6 Å². The number of carbonyl (C=O) groups excluding carboxylic acids is 2. The Morgan fingerprint density at radius 3 is 2.88 bits per heavy atom. The Morgan fingerprint density at radius 2 is 2.15 bits per heavy atom. The van der Waals surface area contributed by atoms with Gasteiger partial charge < -0.3 is 10.1 Å². The molecule has 0 radical (unpaired) electrons. The van der Waals surface area contributed by atoms with Gasteiger partial charge in [-0.05, 0) is 24.3 Å². The van der Waals surface area contributed by atoms with E-state index in [0.29, 0.717) is 17.6 Å². The maximum absolute atomic E-state index is 12.5. The van der Waals surface area contributed by atoms with Crippen LogP contribution in [0.5, 0.6) is 5.75 Å². The van der Waals surface area contributed by atoms with Gasteiger partial charge in [0, 0.05) is 18.2 Å². The van der Waals surface area contributed by atoms with E-state index in [2.05, 4.69) is 19.2 Å². The Kier molecular flexibility index (Phi) is 5.11. The van der Waals surface area contributed by atoms with Crippen molar-refractivity contribution in [3.63, 3.8) is 0 Å². The molecule has 0 saturated heterocycles.